The number of ether oxygens (including phenoxy) is 1. The Kier molecular flexibility index (Phi) is 5.63. The number of rotatable bonds is 6. The highest BCUT2D eigenvalue weighted by Gasteiger charge is 2.28. The lowest BCUT2D eigenvalue weighted by Crippen LogP contribution is -2.44. The molecule has 3 nitrogen and oxygen atoms in total. The van der Waals surface area contributed by atoms with Crippen LogP contribution in [0.2, 0.25) is 0 Å². The Morgan fingerprint density at radius 2 is 2.29 bits per heavy atom. The first-order valence-corrected chi connectivity index (χ1v) is 6.50. The van der Waals surface area contributed by atoms with E-state index in [0.717, 1.165) is 12.8 Å². The number of allylic oxidation sites excluding steroid dienone is 1. The van der Waals surface area contributed by atoms with E-state index in [1.165, 1.54) is 12.0 Å². The molecule has 2 atom stereocenters. The van der Waals surface area contributed by atoms with Gasteiger partial charge in [0.25, 0.3) is 0 Å². The fourth-order valence-electron chi connectivity index (χ4n) is 2.87. The van der Waals surface area contributed by atoms with Crippen molar-refractivity contribution in [3.63, 3.8) is 0 Å². The van der Waals surface area contributed by atoms with Crippen molar-refractivity contribution in [2.24, 2.45) is 5.41 Å². The molecular weight excluding hydrogens is 214 g/mol. The van der Waals surface area contributed by atoms with Crippen LogP contribution < -0.4 is 5.32 Å². The minimum absolute atomic E-state index is 0.208. The van der Waals surface area contributed by atoms with Crippen molar-refractivity contribution in [1.29, 1.82) is 0 Å². The van der Waals surface area contributed by atoms with E-state index < -0.39 is 0 Å². The van der Waals surface area contributed by atoms with E-state index in [1.807, 2.05) is 0 Å². The van der Waals surface area contributed by atoms with E-state index in [0.29, 0.717) is 18.1 Å². The van der Waals surface area contributed by atoms with Crippen molar-refractivity contribution in [2.45, 2.75) is 52.1 Å². The molecule has 0 spiro atoms. The van der Waals surface area contributed by atoms with Gasteiger partial charge in [0.1, 0.15) is 0 Å². The molecule has 100 valence electrons. The van der Waals surface area contributed by atoms with E-state index >= 15 is 0 Å². The van der Waals surface area contributed by atoms with Crippen LogP contribution in [0.3, 0.4) is 0 Å². The monoisotopic (exact) mass is 241 g/mol. The van der Waals surface area contributed by atoms with Gasteiger partial charge in [-0.05, 0) is 31.6 Å². The highest BCUT2D eigenvalue weighted by Crippen LogP contribution is 2.35. The lowest BCUT2D eigenvalue weighted by atomic mass is 9.75. The lowest BCUT2D eigenvalue weighted by molar-refractivity contribution is 0.139. The maximum absolute atomic E-state index is 9.04. The van der Waals surface area contributed by atoms with Crippen molar-refractivity contribution in [1.82, 2.24) is 5.32 Å². The quantitative estimate of drug-likeness (QED) is 0.700. The molecule has 0 saturated heterocycles. The summed E-state index contributed by atoms with van der Waals surface area (Å²) in [5.74, 6) is 0. The number of methoxy groups -OCH3 is 1. The Hall–Kier alpha value is -0.380. The average Bonchev–Trinajstić information content (AvgIpc) is 2.14. The van der Waals surface area contributed by atoms with Crippen LogP contribution in [0.5, 0.6) is 0 Å². The van der Waals surface area contributed by atoms with Crippen LogP contribution >= 0.6 is 0 Å². The predicted molar refractivity (Wildman–Crippen MR) is 71.1 cm³/mol. The fraction of sp³-hybridized carbons (Fsp3) is 0.857. The third-order valence-corrected chi connectivity index (χ3v) is 3.31. The van der Waals surface area contributed by atoms with Gasteiger partial charge in [-0.3, -0.25) is 0 Å². The number of nitrogens with one attached hydrogen (secondary N) is 1. The Bertz CT molecular complexity index is 255. The van der Waals surface area contributed by atoms with Crippen molar-refractivity contribution in [3.8, 4) is 0 Å². The van der Waals surface area contributed by atoms with Crippen LogP contribution in [0, 0.1) is 5.41 Å². The molecule has 0 radical (unpaired) electrons. The summed E-state index contributed by atoms with van der Waals surface area (Å²) in [7, 11) is 1.71. The van der Waals surface area contributed by atoms with Crippen molar-refractivity contribution >= 4 is 0 Å². The predicted octanol–water partition coefficient (Wildman–Crippen LogP) is 2.11. The molecule has 0 fully saturated rings. The molecule has 0 amide bonds. The van der Waals surface area contributed by atoms with Gasteiger partial charge in [-0.25, -0.2) is 0 Å². The van der Waals surface area contributed by atoms with Crippen LogP contribution in [-0.4, -0.2) is 37.5 Å². The highest BCUT2D eigenvalue weighted by molar-refractivity contribution is 5.12. The summed E-state index contributed by atoms with van der Waals surface area (Å²) < 4.78 is 5.18. The van der Waals surface area contributed by atoms with Gasteiger partial charge >= 0.3 is 0 Å². The van der Waals surface area contributed by atoms with Gasteiger partial charge in [0, 0.05) is 25.8 Å². The van der Waals surface area contributed by atoms with E-state index in [2.05, 4.69) is 32.2 Å². The summed E-state index contributed by atoms with van der Waals surface area (Å²) >= 11 is 0. The first-order chi connectivity index (χ1) is 7.96. The van der Waals surface area contributed by atoms with Crippen LogP contribution in [0.15, 0.2) is 11.6 Å². The van der Waals surface area contributed by atoms with Crippen LogP contribution in [0.25, 0.3) is 0 Å². The largest absolute Gasteiger partial charge is 0.396 e. The molecule has 0 saturated carbocycles. The second kappa shape index (κ2) is 6.53. The van der Waals surface area contributed by atoms with E-state index in [4.69, 9.17) is 9.84 Å². The molecule has 17 heavy (non-hydrogen) atoms. The molecule has 0 aliphatic heterocycles. The first-order valence-electron chi connectivity index (χ1n) is 6.50. The molecule has 0 aromatic rings. The number of aliphatic hydroxyl groups is 1. The maximum Gasteiger partial charge on any atom is 0.0616 e. The molecule has 2 unspecified atom stereocenters. The normalized spacial score (nSPS) is 25.5. The third kappa shape index (κ3) is 5.19. The Labute approximate surface area is 105 Å². The molecule has 0 heterocycles. The maximum atomic E-state index is 9.04. The second-order valence-corrected chi connectivity index (χ2v) is 6.00. The zero-order valence-electron chi connectivity index (χ0n) is 11.6. The zero-order valence-corrected chi connectivity index (χ0v) is 11.6. The van der Waals surface area contributed by atoms with Gasteiger partial charge in [-0.15, -0.1) is 0 Å². The zero-order chi connectivity index (χ0) is 12.9. The smallest absolute Gasteiger partial charge is 0.0616 e. The van der Waals surface area contributed by atoms with Gasteiger partial charge in [-0.2, -0.15) is 0 Å². The van der Waals surface area contributed by atoms with Gasteiger partial charge in [-0.1, -0.05) is 25.5 Å². The Morgan fingerprint density at radius 1 is 1.59 bits per heavy atom. The van der Waals surface area contributed by atoms with Gasteiger partial charge in [0.15, 0.2) is 0 Å². The first kappa shape index (κ1) is 14.7. The number of aliphatic hydroxyl groups excluding tert-OH is 1. The van der Waals surface area contributed by atoms with Crippen molar-refractivity contribution in [3.05, 3.63) is 11.6 Å². The molecule has 0 aromatic heterocycles. The summed E-state index contributed by atoms with van der Waals surface area (Å²) in [6, 6.07) is 0.651. The van der Waals surface area contributed by atoms with E-state index in [-0.39, 0.29) is 12.6 Å². The SMILES string of the molecule is COCC(CCO)NC1C=C(C)CC(C)(C)C1. The van der Waals surface area contributed by atoms with Crippen LogP contribution in [0.1, 0.15) is 40.0 Å². The molecule has 1 rings (SSSR count). The number of hydrogen-bond acceptors (Lipinski definition) is 3. The van der Waals surface area contributed by atoms with Crippen molar-refractivity contribution in [2.75, 3.05) is 20.3 Å². The molecule has 2 N–H and O–H groups in total. The van der Waals surface area contributed by atoms with E-state index in [9.17, 15) is 0 Å². The van der Waals surface area contributed by atoms with Gasteiger partial charge in [0.2, 0.25) is 0 Å². The van der Waals surface area contributed by atoms with E-state index in [1.54, 1.807) is 7.11 Å². The standard InChI is InChI=1S/C14H27NO2/c1-11-7-13(9-14(2,3)8-11)15-12(5-6-16)10-17-4/h7,12-13,15-16H,5-6,8-10H2,1-4H3. The summed E-state index contributed by atoms with van der Waals surface area (Å²) in [4.78, 5) is 0. The Morgan fingerprint density at radius 3 is 2.82 bits per heavy atom. The molecule has 1 aliphatic rings. The molecule has 0 aromatic carbocycles. The fourth-order valence-corrected chi connectivity index (χ4v) is 2.87. The minimum Gasteiger partial charge on any atom is -0.396 e. The van der Waals surface area contributed by atoms with Gasteiger partial charge in [0.05, 0.1) is 6.61 Å². The van der Waals surface area contributed by atoms with Crippen LogP contribution in [0.4, 0.5) is 0 Å². The molecule has 0 bridgehead atoms. The summed E-state index contributed by atoms with van der Waals surface area (Å²) in [6.45, 7) is 7.70. The topological polar surface area (TPSA) is 41.5 Å². The summed E-state index contributed by atoms with van der Waals surface area (Å²) in [5.41, 5.74) is 1.83. The van der Waals surface area contributed by atoms with Crippen molar-refractivity contribution < 1.29 is 9.84 Å². The molecular formula is C14H27NO2. The lowest BCUT2D eigenvalue weighted by Gasteiger charge is -2.36. The number of hydrogen-bond donors (Lipinski definition) is 2. The highest BCUT2D eigenvalue weighted by atomic mass is 16.5. The van der Waals surface area contributed by atoms with Crippen LogP contribution in [-0.2, 0) is 4.74 Å². The Balaban J connectivity index is 2.56. The third-order valence-electron chi connectivity index (χ3n) is 3.31. The average molecular weight is 241 g/mol. The second-order valence-electron chi connectivity index (χ2n) is 6.00. The van der Waals surface area contributed by atoms with Gasteiger partial charge < -0.3 is 15.2 Å². The molecule has 1 aliphatic carbocycles. The minimum atomic E-state index is 0.208. The summed E-state index contributed by atoms with van der Waals surface area (Å²) in [5, 5.41) is 12.6. The summed E-state index contributed by atoms with van der Waals surface area (Å²) in [6.07, 6.45) is 5.40. The molecule has 3 heteroatoms.